The van der Waals surface area contributed by atoms with Gasteiger partial charge in [0.25, 0.3) is 0 Å². The first kappa shape index (κ1) is 18.9. The van der Waals surface area contributed by atoms with Crippen LogP contribution < -0.4 is 5.73 Å². The Hall–Kier alpha value is -1.14. The van der Waals surface area contributed by atoms with Gasteiger partial charge in [-0.15, -0.1) is 0 Å². The highest BCUT2D eigenvalue weighted by molar-refractivity contribution is 7.53. The Bertz CT molecular complexity index is 480. The van der Waals surface area contributed by atoms with Crippen molar-refractivity contribution in [2.75, 3.05) is 26.0 Å². The molecule has 1 aromatic rings. The van der Waals surface area contributed by atoms with Crippen molar-refractivity contribution in [2.24, 2.45) is 5.73 Å². The normalized spacial score (nSPS) is 14.5. The van der Waals surface area contributed by atoms with Crippen LogP contribution in [0.4, 0.5) is 0 Å². The monoisotopic (exact) mass is 333 g/mol. The Balaban J connectivity index is 3.00. The van der Waals surface area contributed by atoms with Gasteiger partial charge in [-0.2, -0.15) is 0 Å². The fourth-order valence-corrected chi connectivity index (χ4v) is 4.02. The molecule has 126 valence electrons. The Kier molecular flexibility index (Phi) is 7.82. The van der Waals surface area contributed by atoms with Gasteiger partial charge in [0.2, 0.25) is 0 Å². The summed E-state index contributed by atoms with van der Waals surface area (Å²) in [7, 11) is -3.38. The molecule has 7 nitrogen and oxygen atoms in total. The van der Waals surface area contributed by atoms with Gasteiger partial charge < -0.3 is 23.9 Å². The summed E-state index contributed by atoms with van der Waals surface area (Å²) in [5.74, 6) is -0.790. The van der Waals surface area contributed by atoms with Crippen LogP contribution in [-0.4, -0.2) is 38.0 Å². The number of rotatable bonds is 10. The lowest BCUT2D eigenvalue weighted by Gasteiger charge is -2.25. The molecule has 0 aliphatic heterocycles. The van der Waals surface area contributed by atoms with Gasteiger partial charge in [0, 0.05) is 0 Å². The molecule has 0 aliphatic rings. The second kappa shape index (κ2) is 9.10. The average molecular weight is 333 g/mol. The van der Waals surface area contributed by atoms with Gasteiger partial charge in [-0.25, -0.2) is 0 Å². The van der Waals surface area contributed by atoms with Crippen molar-refractivity contribution >= 4 is 13.6 Å². The molecule has 8 heteroatoms. The zero-order chi connectivity index (χ0) is 16.6. The molecule has 1 heterocycles. The van der Waals surface area contributed by atoms with Gasteiger partial charge in [0.1, 0.15) is 11.8 Å². The molecule has 2 N–H and O–H groups in total. The van der Waals surface area contributed by atoms with Crippen molar-refractivity contribution in [2.45, 2.75) is 32.7 Å². The molecule has 0 aromatic carbocycles. The molecule has 0 aliphatic carbocycles. The quantitative estimate of drug-likeness (QED) is 0.518. The maximum atomic E-state index is 12.7. The van der Waals surface area contributed by atoms with E-state index in [1.807, 2.05) is 0 Å². The van der Waals surface area contributed by atoms with E-state index in [2.05, 4.69) is 0 Å². The maximum absolute atomic E-state index is 12.7. The highest BCUT2D eigenvalue weighted by atomic mass is 31.2. The lowest BCUT2D eigenvalue weighted by atomic mass is 10.00. The van der Waals surface area contributed by atoms with Crippen LogP contribution in [0.1, 0.15) is 32.4 Å². The van der Waals surface area contributed by atoms with Crippen molar-refractivity contribution < 1.29 is 27.6 Å². The molecule has 22 heavy (non-hydrogen) atoms. The van der Waals surface area contributed by atoms with Gasteiger partial charge in [-0.1, -0.05) is 0 Å². The van der Waals surface area contributed by atoms with E-state index in [-0.39, 0.29) is 26.0 Å². The second-order valence-corrected chi connectivity index (χ2v) is 6.63. The summed E-state index contributed by atoms with van der Waals surface area (Å²) < 4.78 is 33.5. The number of hydrogen-bond donors (Lipinski definition) is 1. The van der Waals surface area contributed by atoms with Crippen LogP contribution in [0.15, 0.2) is 22.8 Å². The third kappa shape index (κ3) is 5.25. The smallest absolute Gasteiger partial charge is 0.331 e. The molecule has 1 aromatic heterocycles. The summed E-state index contributed by atoms with van der Waals surface area (Å²) in [6, 6.07) is 2.33. The SMILES string of the molecule is CCOC(=O)[C@H](N)[C@@H](CP(=O)(OCC)OCC)c1ccco1. The van der Waals surface area contributed by atoms with Gasteiger partial charge in [0.05, 0.1) is 38.2 Å². The van der Waals surface area contributed by atoms with Crippen LogP contribution in [-0.2, 0) is 23.1 Å². The molecule has 0 bridgehead atoms. The first-order valence-electron chi connectivity index (χ1n) is 7.31. The number of hydrogen-bond acceptors (Lipinski definition) is 7. The Morgan fingerprint density at radius 2 is 1.91 bits per heavy atom. The molecule has 0 unspecified atom stereocenters. The molecular formula is C14H24NO6P. The van der Waals surface area contributed by atoms with Gasteiger partial charge in [0.15, 0.2) is 0 Å². The first-order valence-corrected chi connectivity index (χ1v) is 9.03. The first-order chi connectivity index (χ1) is 10.5. The molecule has 0 fully saturated rings. The minimum Gasteiger partial charge on any atom is -0.469 e. The minimum atomic E-state index is -3.38. The van der Waals surface area contributed by atoms with E-state index in [0.29, 0.717) is 5.76 Å². The highest BCUT2D eigenvalue weighted by Crippen LogP contribution is 2.51. The fourth-order valence-electron chi connectivity index (χ4n) is 2.06. The zero-order valence-electron chi connectivity index (χ0n) is 13.2. The van der Waals surface area contributed by atoms with Crippen molar-refractivity contribution in [1.29, 1.82) is 0 Å². The van der Waals surface area contributed by atoms with Crippen molar-refractivity contribution in [3.63, 3.8) is 0 Å². The molecular weight excluding hydrogens is 309 g/mol. The zero-order valence-corrected chi connectivity index (χ0v) is 14.1. The van der Waals surface area contributed by atoms with E-state index in [4.69, 9.17) is 23.9 Å². The van der Waals surface area contributed by atoms with Crippen molar-refractivity contribution in [3.05, 3.63) is 24.2 Å². The summed E-state index contributed by atoms with van der Waals surface area (Å²) in [6.07, 6.45) is 1.41. The topological polar surface area (TPSA) is 101 Å². The molecule has 0 spiro atoms. The van der Waals surface area contributed by atoms with E-state index in [1.54, 1.807) is 32.9 Å². The number of esters is 1. The lowest BCUT2D eigenvalue weighted by Crippen LogP contribution is -2.39. The van der Waals surface area contributed by atoms with Gasteiger partial charge in [-0.05, 0) is 32.9 Å². The molecule has 0 saturated carbocycles. The van der Waals surface area contributed by atoms with Crippen LogP contribution in [0.25, 0.3) is 0 Å². The number of nitrogens with two attached hydrogens (primary N) is 1. The highest BCUT2D eigenvalue weighted by Gasteiger charge is 2.37. The minimum absolute atomic E-state index is 0.0534. The number of ether oxygens (including phenoxy) is 1. The standard InChI is InChI=1S/C14H24NO6P/c1-4-18-14(16)13(15)11(12-8-7-9-19-12)10-22(17,20-5-2)21-6-3/h7-9,11,13H,4-6,10,15H2,1-3H3/t11-,13+/m0/s1. The van der Waals surface area contributed by atoms with Crippen molar-refractivity contribution in [3.8, 4) is 0 Å². The van der Waals surface area contributed by atoms with Crippen LogP contribution in [0.3, 0.4) is 0 Å². The summed E-state index contributed by atoms with van der Waals surface area (Å²) in [4.78, 5) is 11.9. The third-order valence-corrected chi connectivity index (χ3v) is 5.12. The maximum Gasteiger partial charge on any atom is 0.331 e. The Labute approximate surface area is 130 Å². The molecule has 0 radical (unpaired) electrons. The molecule has 0 amide bonds. The van der Waals surface area contributed by atoms with E-state index < -0.39 is 25.5 Å². The molecule has 0 saturated heterocycles. The van der Waals surface area contributed by atoms with E-state index in [1.165, 1.54) is 6.26 Å². The van der Waals surface area contributed by atoms with E-state index in [0.717, 1.165) is 0 Å². The van der Waals surface area contributed by atoms with Crippen molar-refractivity contribution in [1.82, 2.24) is 0 Å². The van der Waals surface area contributed by atoms with Crippen LogP contribution in [0.2, 0.25) is 0 Å². The lowest BCUT2D eigenvalue weighted by molar-refractivity contribution is -0.145. The predicted molar refractivity (Wildman–Crippen MR) is 81.8 cm³/mol. The fraction of sp³-hybridized carbons (Fsp3) is 0.643. The summed E-state index contributed by atoms with van der Waals surface area (Å²) in [5.41, 5.74) is 5.97. The van der Waals surface area contributed by atoms with Crippen LogP contribution in [0.5, 0.6) is 0 Å². The number of carbonyl (C=O) groups excluding carboxylic acids is 1. The van der Waals surface area contributed by atoms with Gasteiger partial charge in [-0.3, -0.25) is 9.36 Å². The molecule has 1 rings (SSSR count). The largest absolute Gasteiger partial charge is 0.469 e. The van der Waals surface area contributed by atoms with Crippen LogP contribution in [0, 0.1) is 0 Å². The predicted octanol–water partition coefficient (Wildman–Crippen LogP) is 2.52. The summed E-state index contributed by atoms with van der Waals surface area (Å²) in [5, 5.41) is 0. The van der Waals surface area contributed by atoms with Gasteiger partial charge >= 0.3 is 13.6 Å². The molecule has 2 atom stereocenters. The summed E-state index contributed by atoms with van der Waals surface area (Å²) >= 11 is 0. The summed E-state index contributed by atoms with van der Waals surface area (Å²) in [6.45, 7) is 5.81. The van der Waals surface area contributed by atoms with E-state index >= 15 is 0 Å². The number of carbonyl (C=O) groups is 1. The Morgan fingerprint density at radius 1 is 1.27 bits per heavy atom. The van der Waals surface area contributed by atoms with Crippen LogP contribution >= 0.6 is 7.60 Å². The van der Waals surface area contributed by atoms with E-state index in [9.17, 15) is 9.36 Å². The average Bonchev–Trinajstić information content (AvgIpc) is 2.99. The Morgan fingerprint density at radius 3 is 2.36 bits per heavy atom. The third-order valence-electron chi connectivity index (χ3n) is 2.97. The second-order valence-electron chi connectivity index (χ2n) is 4.53. The number of furan rings is 1.